The van der Waals surface area contributed by atoms with E-state index in [-0.39, 0.29) is 17.7 Å². The van der Waals surface area contributed by atoms with Crippen LogP contribution in [0.3, 0.4) is 0 Å². The van der Waals surface area contributed by atoms with Crippen LogP contribution in [0.15, 0.2) is 42.5 Å². The van der Waals surface area contributed by atoms with Crippen molar-refractivity contribution in [3.8, 4) is 11.1 Å². The Morgan fingerprint density at radius 1 is 1.11 bits per heavy atom. The second-order valence-corrected chi connectivity index (χ2v) is 4.53. The summed E-state index contributed by atoms with van der Waals surface area (Å²) in [5, 5.41) is 0. The van der Waals surface area contributed by atoms with E-state index in [1.165, 1.54) is 12.1 Å². The molecule has 0 radical (unpaired) electrons. The number of hydrogen-bond acceptors (Lipinski definition) is 2. The van der Waals surface area contributed by atoms with Gasteiger partial charge in [-0.15, -0.1) is 0 Å². The minimum absolute atomic E-state index is 0.145. The fourth-order valence-corrected chi connectivity index (χ4v) is 2.31. The van der Waals surface area contributed by atoms with Crippen LogP contribution in [-0.2, 0) is 4.84 Å². The van der Waals surface area contributed by atoms with E-state index in [0.29, 0.717) is 23.3 Å². The molecule has 0 aliphatic carbocycles. The van der Waals surface area contributed by atoms with E-state index < -0.39 is 0 Å². The Balaban J connectivity index is 2.05. The molecule has 98 valence electrons. The van der Waals surface area contributed by atoms with Gasteiger partial charge in [0.05, 0.1) is 12.6 Å². The quantitative estimate of drug-likeness (QED) is 0.891. The third-order valence-corrected chi connectivity index (χ3v) is 3.27. The van der Waals surface area contributed by atoms with Gasteiger partial charge in [-0.1, -0.05) is 30.3 Å². The smallest absolute Gasteiger partial charge is 0.135 e. The lowest BCUT2D eigenvalue weighted by molar-refractivity contribution is 0.0877. The first-order chi connectivity index (χ1) is 9.25. The van der Waals surface area contributed by atoms with Gasteiger partial charge in [-0.3, -0.25) is 0 Å². The zero-order valence-corrected chi connectivity index (χ0v) is 10.2. The Morgan fingerprint density at radius 3 is 2.68 bits per heavy atom. The summed E-state index contributed by atoms with van der Waals surface area (Å²) in [4.78, 5) is 5.05. The van der Waals surface area contributed by atoms with E-state index in [2.05, 4.69) is 5.48 Å². The topological polar surface area (TPSA) is 21.3 Å². The van der Waals surface area contributed by atoms with E-state index in [0.717, 1.165) is 6.42 Å². The zero-order valence-electron chi connectivity index (χ0n) is 10.2. The van der Waals surface area contributed by atoms with Gasteiger partial charge in [0.2, 0.25) is 0 Å². The molecule has 2 nitrogen and oxygen atoms in total. The van der Waals surface area contributed by atoms with Crippen molar-refractivity contribution in [3.63, 3.8) is 0 Å². The SMILES string of the molecule is Fc1cccc(-c2cccc([C@H]3CCON3)c2F)c1. The molecule has 0 bridgehead atoms. The van der Waals surface area contributed by atoms with Crippen LogP contribution in [0.5, 0.6) is 0 Å². The van der Waals surface area contributed by atoms with Gasteiger partial charge >= 0.3 is 0 Å². The van der Waals surface area contributed by atoms with Crippen LogP contribution < -0.4 is 5.48 Å². The molecule has 2 aromatic rings. The lowest BCUT2D eigenvalue weighted by Crippen LogP contribution is -2.13. The molecule has 4 heteroatoms. The van der Waals surface area contributed by atoms with Crippen LogP contribution in [-0.4, -0.2) is 6.61 Å². The van der Waals surface area contributed by atoms with Crippen LogP contribution in [0.25, 0.3) is 11.1 Å². The third-order valence-electron chi connectivity index (χ3n) is 3.27. The number of benzene rings is 2. The highest BCUT2D eigenvalue weighted by Crippen LogP contribution is 2.30. The van der Waals surface area contributed by atoms with Gasteiger partial charge in [0.25, 0.3) is 0 Å². The molecule has 0 spiro atoms. The first-order valence-electron chi connectivity index (χ1n) is 6.17. The van der Waals surface area contributed by atoms with Gasteiger partial charge in [-0.05, 0) is 24.1 Å². The average Bonchev–Trinajstić information content (AvgIpc) is 2.93. The van der Waals surface area contributed by atoms with Gasteiger partial charge in [0.1, 0.15) is 11.6 Å². The van der Waals surface area contributed by atoms with Crippen LogP contribution in [0, 0.1) is 11.6 Å². The molecular weight excluding hydrogens is 248 g/mol. The molecule has 0 unspecified atom stereocenters. The van der Waals surface area contributed by atoms with Gasteiger partial charge in [0, 0.05) is 11.1 Å². The summed E-state index contributed by atoms with van der Waals surface area (Å²) in [6, 6.07) is 11.0. The van der Waals surface area contributed by atoms with E-state index >= 15 is 0 Å². The Morgan fingerprint density at radius 2 is 1.95 bits per heavy atom. The predicted octanol–water partition coefficient (Wildman–Crippen LogP) is 3.60. The molecule has 2 aromatic carbocycles. The summed E-state index contributed by atoms with van der Waals surface area (Å²) in [6.45, 7) is 0.564. The maximum atomic E-state index is 14.5. The Bertz CT molecular complexity index is 594. The Kier molecular flexibility index (Phi) is 3.27. The van der Waals surface area contributed by atoms with Crippen molar-refractivity contribution in [2.75, 3.05) is 6.61 Å². The van der Waals surface area contributed by atoms with E-state index in [4.69, 9.17) is 4.84 Å². The van der Waals surface area contributed by atoms with Crippen molar-refractivity contribution >= 4 is 0 Å². The van der Waals surface area contributed by atoms with Crippen LogP contribution in [0.4, 0.5) is 8.78 Å². The third kappa shape index (κ3) is 2.37. The van der Waals surface area contributed by atoms with Crippen LogP contribution in [0.1, 0.15) is 18.0 Å². The Hall–Kier alpha value is -1.78. The van der Waals surface area contributed by atoms with E-state index in [1.807, 2.05) is 0 Å². The summed E-state index contributed by atoms with van der Waals surface area (Å²) in [5.41, 5.74) is 4.29. The monoisotopic (exact) mass is 261 g/mol. The molecule has 1 heterocycles. The summed E-state index contributed by atoms with van der Waals surface area (Å²) in [7, 11) is 0. The van der Waals surface area contributed by atoms with Gasteiger partial charge < -0.3 is 4.84 Å². The summed E-state index contributed by atoms with van der Waals surface area (Å²) in [5.74, 6) is -0.694. The van der Waals surface area contributed by atoms with Gasteiger partial charge in [-0.25, -0.2) is 8.78 Å². The molecule has 1 aliphatic heterocycles. The lowest BCUT2D eigenvalue weighted by atomic mass is 9.97. The van der Waals surface area contributed by atoms with Crippen molar-refractivity contribution in [2.24, 2.45) is 0 Å². The highest BCUT2D eigenvalue weighted by Gasteiger charge is 2.22. The molecule has 1 N–H and O–H groups in total. The molecule has 1 aliphatic rings. The molecule has 0 amide bonds. The molecule has 1 fully saturated rings. The number of halogens is 2. The van der Waals surface area contributed by atoms with Crippen LogP contribution >= 0.6 is 0 Å². The fourth-order valence-electron chi connectivity index (χ4n) is 2.31. The van der Waals surface area contributed by atoms with Gasteiger partial charge in [0.15, 0.2) is 0 Å². The minimum atomic E-state index is -0.371. The molecule has 0 aromatic heterocycles. The summed E-state index contributed by atoms with van der Waals surface area (Å²) >= 11 is 0. The molecule has 0 saturated carbocycles. The first-order valence-corrected chi connectivity index (χ1v) is 6.17. The molecule has 1 saturated heterocycles. The normalized spacial score (nSPS) is 18.7. The highest BCUT2D eigenvalue weighted by molar-refractivity contribution is 5.65. The van der Waals surface area contributed by atoms with Crippen molar-refractivity contribution in [2.45, 2.75) is 12.5 Å². The standard InChI is InChI=1S/C15H13F2NO/c16-11-4-1-3-10(9-11)12-5-2-6-13(15(12)17)14-7-8-19-18-14/h1-6,9,14,18H,7-8H2/t14-/m1/s1. The zero-order chi connectivity index (χ0) is 13.2. The summed E-state index contributed by atoms with van der Waals surface area (Å²) in [6.07, 6.45) is 0.726. The Labute approximate surface area is 110 Å². The number of nitrogens with one attached hydrogen (secondary N) is 1. The number of hydroxylamine groups is 1. The predicted molar refractivity (Wildman–Crippen MR) is 68.2 cm³/mol. The maximum Gasteiger partial charge on any atom is 0.135 e. The summed E-state index contributed by atoms with van der Waals surface area (Å²) < 4.78 is 27.8. The molecule has 19 heavy (non-hydrogen) atoms. The minimum Gasteiger partial charge on any atom is -0.301 e. The highest BCUT2D eigenvalue weighted by atomic mass is 19.1. The average molecular weight is 261 g/mol. The second-order valence-electron chi connectivity index (χ2n) is 4.53. The lowest BCUT2D eigenvalue weighted by Gasteiger charge is -2.13. The number of rotatable bonds is 2. The largest absolute Gasteiger partial charge is 0.301 e. The first kappa shape index (κ1) is 12.3. The van der Waals surface area contributed by atoms with Crippen molar-refractivity contribution in [3.05, 3.63) is 59.7 Å². The molecule has 1 atom stereocenters. The van der Waals surface area contributed by atoms with Crippen molar-refractivity contribution in [1.82, 2.24) is 5.48 Å². The second kappa shape index (κ2) is 5.07. The molecule has 3 rings (SSSR count). The van der Waals surface area contributed by atoms with Crippen LogP contribution in [0.2, 0.25) is 0 Å². The van der Waals surface area contributed by atoms with E-state index in [1.54, 1.807) is 30.3 Å². The van der Waals surface area contributed by atoms with Crippen molar-refractivity contribution in [1.29, 1.82) is 0 Å². The maximum absolute atomic E-state index is 14.5. The molecular formula is C15H13F2NO. The fraction of sp³-hybridized carbons (Fsp3) is 0.200. The van der Waals surface area contributed by atoms with Gasteiger partial charge in [-0.2, -0.15) is 5.48 Å². The number of hydrogen-bond donors (Lipinski definition) is 1. The van der Waals surface area contributed by atoms with Crippen molar-refractivity contribution < 1.29 is 13.6 Å². The van der Waals surface area contributed by atoms with E-state index in [9.17, 15) is 8.78 Å².